The van der Waals surface area contributed by atoms with Crippen LogP contribution >= 0.6 is 0 Å². The van der Waals surface area contributed by atoms with Gasteiger partial charge in [0.1, 0.15) is 12.6 Å². The summed E-state index contributed by atoms with van der Waals surface area (Å²) in [4.78, 5) is 38.7. The van der Waals surface area contributed by atoms with Crippen LogP contribution in [0.4, 0.5) is 4.79 Å². The van der Waals surface area contributed by atoms with E-state index in [-0.39, 0.29) is 36.7 Å². The minimum Gasteiger partial charge on any atom is -0.481 e. The molecule has 1 aliphatic carbocycles. The summed E-state index contributed by atoms with van der Waals surface area (Å²) in [7, 11) is 0. The smallest absolute Gasteiger partial charge is 0.407 e. The maximum absolute atomic E-state index is 13.2. The van der Waals surface area contributed by atoms with Crippen LogP contribution in [0, 0.1) is 11.8 Å². The molecule has 2 N–H and O–H groups in total. The number of carbonyl (C=O) groups excluding carboxylic acids is 2. The fourth-order valence-electron chi connectivity index (χ4n) is 5.09. The molecule has 180 valence electrons. The zero-order valence-corrected chi connectivity index (χ0v) is 19.7. The van der Waals surface area contributed by atoms with Gasteiger partial charge in [0.15, 0.2) is 0 Å². The van der Waals surface area contributed by atoms with E-state index in [1.165, 1.54) is 0 Å². The van der Waals surface area contributed by atoms with Crippen LogP contribution in [-0.2, 0) is 14.3 Å². The molecule has 0 aromatic heterocycles. The lowest BCUT2D eigenvalue weighted by molar-refractivity contribution is -0.139. The number of ether oxygens (including phenoxy) is 1. The van der Waals surface area contributed by atoms with Crippen molar-refractivity contribution in [3.8, 4) is 11.1 Å². The third-order valence-electron chi connectivity index (χ3n) is 7.16. The SMILES string of the molecule is CCC(C)C(NC(=O)OCC1c2ccccc2-c2ccccc21)C(=O)N1CCC(CC(=O)O)C1. The van der Waals surface area contributed by atoms with Crippen molar-refractivity contribution in [1.82, 2.24) is 10.2 Å². The van der Waals surface area contributed by atoms with E-state index in [0.29, 0.717) is 25.9 Å². The van der Waals surface area contributed by atoms with E-state index in [9.17, 15) is 14.4 Å². The Hall–Kier alpha value is -3.35. The highest BCUT2D eigenvalue weighted by molar-refractivity contribution is 5.86. The zero-order valence-electron chi connectivity index (χ0n) is 19.7. The Morgan fingerprint density at radius 3 is 2.29 bits per heavy atom. The van der Waals surface area contributed by atoms with Crippen molar-refractivity contribution in [2.75, 3.05) is 19.7 Å². The molecule has 1 fully saturated rings. The van der Waals surface area contributed by atoms with Gasteiger partial charge in [-0.15, -0.1) is 0 Å². The molecule has 2 aliphatic rings. The molecule has 34 heavy (non-hydrogen) atoms. The molecule has 0 saturated carbocycles. The number of fused-ring (bicyclic) bond motifs is 3. The van der Waals surface area contributed by atoms with Crippen LogP contribution in [0.3, 0.4) is 0 Å². The van der Waals surface area contributed by atoms with Crippen molar-refractivity contribution in [2.45, 2.75) is 45.1 Å². The first-order valence-electron chi connectivity index (χ1n) is 12.0. The number of benzene rings is 2. The normalized spacial score (nSPS) is 18.6. The number of hydrogen-bond donors (Lipinski definition) is 2. The largest absolute Gasteiger partial charge is 0.481 e. The maximum Gasteiger partial charge on any atom is 0.407 e. The lowest BCUT2D eigenvalue weighted by Gasteiger charge is -2.28. The predicted octanol–water partition coefficient (Wildman–Crippen LogP) is 4.26. The third kappa shape index (κ3) is 4.93. The number of carboxylic acid groups (broad SMARTS) is 1. The van der Waals surface area contributed by atoms with Crippen LogP contribution in [0.15, 0.2) is 48.5 Å². The monoisotopic (exact) mass is 464 g/mol. The summed E-state index contributed by atoms with van der Waals surface area (Å²) in [5.74, 6) is -1.20. The molecule has 0 spiro atoms. The molecule has 3 unspecified atom stereocenters. The number of carboxylic acids is 1. The molecular formula is C27H32N2O5. The second kappa shape index (κ2) is 10.3. The van der Waals surface area contributed by atoms with E-state index >= 15 is 0 Å². The zero-order chi connectivity index (χ0) is 24.2. The molecule has 0 radical (unpaired) electrons. The molecule has 1 heterocycles. The van der Waals surface area contributed by atoms with Crippen molar-refractivity contribution < 1.29 is 24.2 Å². The summed E-state index contributed by atoms with van der Waals surface area (Å²) in [5.41, 5.74) is 4.58. The van der Waals surface area contributed by atoms with E-state index < -0.39 is 18.1 Å². The van der Waals surface area contributed by atoms with Gasteiger partial charge in [-0.25, -0.2) is 4.79 Å². The Morgan fingerprint density at radius 2 is 1.71 bits per heavy atom. The molecule has 0 bridgehead atoms. The fourth-order valence-corrected chi connectivity index (χ4v) is 5.09. The number of aliphatic carboxylic acids is 1. The quantitative estimate of drug-likeness (QED) is 0.609. The summed E-state index contributed by atoms with van der Waals surface area (Å²) >= 11 is 0. The van der Waals surface area contributed by atoms with E-state index in [1.54, 1.807) is 4.90 Å². The second-order valence-corrected chi connectivity index (χ2v) is 9.37. The molecular weight excluding hydrogens is 432 g/mol. The van der Waals surface area contributed by atoms with Crippen LogP contribution in [0.5, 0.6) is 0 Å². The summed E-state index contributed by atoms with van der Waals surface area (Å²) in [5, 5.41) is 11.9. The van der Waals surface area contributed by atoms with Gasteiger partial charge >= 0.3 is 12.1 Å². The van der Waals surface area contributed by atoms with Gasteiger partial charge in [-0.2, -0.15) is 0 Å². The van der Waals surface area contributed by atoms with Crippen LogP contribution in [0.25, 0.3) is 11.1 Å². The number of nitrogens with one attached hydrogen (secondary N) is 1. The van der Waals surface area contributed by atoms with Crippen molar-refractivity contribution in [3.63, 3.8) is 0 Å². The lowest BCUT2D eigenvalue weighted by atomic mass is 9.97. The first kappa shape index (κ1) is 23.8. The summed E-state index contributed by atoms with van der Waals surface area (Å²) in [6.45, 7) is 5.00. The van der Waals surface area contributed by atoms with E-state index in [1.807, 2.05) is 38.1 Å². The molecule has 2 aromatic carbocycles. The average molecular weight is 465 g/mol. The van der Waals surface area contributed by atoms with Crippen molar-refractivity contribution >= 4 is 18.0 Å². The number of nitrogens with zero attached hydrogens (tertiary/aromatic N) is 1. The van der Waals surface area contributed by atoms with Crippen LogP contribution < -0.4 is 5.32 Å². The van der Waals surface area contributed by atoms with Crippen molar-refractivity contribution in [1.29, 1.82) is 0 Å². The van der Waals surface area contributed by atoms with Gasteiger partial charge in [-0.1, -0.05) is 68.8 Å². The van der Waals surface area contributed by atoms with Gasteiger partial charge in [-0.3, -0.25) is 9.59 Å². The molecule has 3 atom stereocenters. The number of alkyl carbamates (subject to hydrolysis) is 1. The van der Waals surface area contributed by atoms with Gasteiger partial charge in [0.2, 0.25) is 5.91 Å². The highest BCUT2D eigenvalue weighted by Crippen LogP contribution is 2.44. The number of amides is 2. The minimum atomic E-state index is -0.852. The summed E-state index contributed by atoms with van der Waals surface area (Å²) < 4.78 is 5.65. The molecule has 2 aromatic rings. The lowest BCUT2D eigenvalue weighted by Crippen LogP contribution is -2.51. The average Bonchev–Trinajstić information content (AvgIpc) is 3.42. The van der Waals surface area contributed by atoms with Gasteiger partial charge in [0, 0.05) is 25.4 Å². The van der Waals surface area contributed by atoms with E-state index in [0.717, 1.165) is 22.3 Å². The first-order valence-corrected chi connectivity index (χ1v) is 12.0. The Balaban J connectivity index is 1.40. The van der Waals surface area contributed by atoms with E-state index in [2.05, 4.69) is 29.6 Å². The highest BCUT2D eigenvalue weighted by atomic mass is 16.5. The summed E-state index contributed by atoms with van der Waals surface area (Å²) in [6, 6.07) is 15.6. The van der Waals surface area contributed by atoms with E-state index in [4.69, 9.17) is 9.84 Å². The molecule has 7 nitrogen and oxygen atoms in total. The second-order valence-electron chi connectivity index (χ2n) is 9.37. The molecule has 4 rings (SSSR count). The number of carbonyl (C=O) groups is 3. The van der Waals surface area contributed by atoms with Crippen LogP contribution in [0.2, 0.25) is 0 Å². The van der Waals surface area contributed by atoms with Gasteiger partial charge in [0.05, 0.1) is 0 Å². The Bertz CT molecular complexity index is 1020. The molecule has 1 aliphatic heterocycles. The molecule has 2 amide bonds. The first-order chi connectivity index (χ1) is 16.4. The number of rotatable bonds is 8. The topological polar surface area (TPSA) is 95.9 Å². The van der Waals surface area contributed by atoms with Crippen molar-refractivity contribution in [3.05, 3.63) is 59.7 Å². The Morgan fingerprint density at radius 1 is 1.09 bits per heavy atom. The Kier molecular flexibility index (Phi) is 7.20. The number of likely N-dealkylation sites (tertiary alicyclic amines) is 1. The number of hydrogen-bond acceptors (Lipinski definition) is 4. The third-order valence-corrected chi connectivity index (χ3v) is 7.16. The van der Waals surface area contributed by atoms with Gasteiger partial charge < -0.3 is 20.1 Å². The fraction of sp³-hybridized carbons (Fsp3) is 0.444. The van der Waals surface area contributed by atoms with Crippen molar-refractivity contribution in [2.24, 2.45) is 11.8 Å². The Labute approximate surface area is 200 Å². The standard InChI is InChI=1S/C27H32N2O5/c1-3-17(2)25(26(32)29-13-12-18(15-29)14-24(30)31)28-27(33)34-16-23-21-10-6-4-8-19(21)20-9-5-7-11-22(20)23/h4-11,17-18,23,25H,3,12-16H2,1-2H3,(H,28,33)(H,30,31). The van der Waals surface area contributed by atoms with Gasteiger partial charge in [-0.05, 0) is 40.5 Å². The highest BCUT2D eigenvalue weighted by Gasteiger charge is 2.35. The summed E-state index contributed by atoms with van der Waals surface area (Å²) in [6.07, 6.45) is 0.821. The minimum absolute atomic E-state index is 0.0477. The maximum atomic E-state index is 13.2. The van der Waals surface area contributed by atoms with Crippen LogP contribution in [-0.4, -0.2) is 53.7 Å². The van der Waals surface area contributed by atoms with Crippen LogP contribution in [0.1, 0.15) is 50.2 Å². The molecule has 7 heteroatoms. The molecule has 1 saturated heterocycles. The predicted molar refractivity (Wildman–Crippen MR) is 128 cm³/mol. The van der Waals surface area contributed by atoms with Gasteiger partial charge in [0.25, 0.3) is 0 Å².